The first kappa shape index (κ1) is 12.2. The molecule has 0 aliphatic carbocycles. The van der Waals surface area contributed by atoms with Crippen LogP contribution in [0.3, 0.4) is 0 Å². The number of benzene rings is 1. The molecule has 3 rings (SSSR count). The summed E-state index contributed by atoms with van der Waals surface area (Å²) in [6, 6.07) is 6.51. The quantitative estimate of drug-likeness (QED) is 0.924. The van der Waals surface area contributed by atoms with E-state index in [0.717, 1.165) is 23.5 Å². The Labute approximate surface area is 116 Å². The fourth-order valence-electron chi connectivity index (χ4n) is 2.95. The summed E-state index contributed by atoms with van der Waals surface area (Å²) in [5, 5.41) is 9.17. The Morgan fingerprint density at radius 2 is 2.39 bits per heavy atom. The van der Waals surface area contributed by atoms with Crippen molar-refractivity contribution in [3.63, 3.8) is 0 Å². The van der Waals surface area contributed by atoms with Gasteiger partial charge in [-0.15, -0.1) is 0 Å². The molecule has 0 amide bonds. The molecule has 3 nitrogen and oxygen atoms in total. The van der Waals surface area contributed by atoms with Crippen LogP contribution < -0.4 is 5.32 Å². The van der Waals surface area contributed by atoms with E-state index in [9.17, 15) is 0 Å². The van der Waals surface area contributed by atoms with Gasteiger partial charge in [0.1, 0.15) is 4.60 Å². The number of nitrogens with one attached hydrogen (secondary N) is 1. The lowest BCUT2D eigenvalue weighted by Crippen LogP contribution is -2.30. The van der Waals surface area contributed by atoms with E-state index in [1.165, 1.54) is 35.9 Å². The van der Waals surface area contributed by atoms with Gasteiger partial charge in [-0.3, -0.25) is 4.68 Å². The molecule has 2 heterocycles. The summed E-state index contributed by atoms with van der Waals surface area (Å²) in [4.78, 5) is 0. The van der Waals surface area contributed by atoms with Crippen molar-refractivity contribution in [2.24, 2.45) is 13.0 Å². The lowest BCUT2D eigenvalue weighted by molar-refractivity contribution is 0.376. The largest absolute Gasteiger partial charge is 0.316 e. The second-order valence-electron chi connectivity index (χ2n) is 5.14. The topological polar surface area (TPSA) is 29.9 Å². The number of piperidine rings is 1. The maximum absolute atomic E-state index is 4.46. The Bertz CT molecular complexity index is 555. The fourth-order valence-corrected chi connectivity index (χ4v) is 3.51. The Morgan fingerprint density at radius 1 is 1.50 bits per heavy atom. The average Bonchev–Trinajstić information content (AvgIpc) is 2.67. The molecular formula is C14H18BrN3. The molecule has 1 atom stereocenters. The van der Waals surface area contributed by atoms with Crippen LogP contribution in [0.4, 0.5) is 0 Å². The van der Waals surface area contributed by atoms with Crippen molar-refractivity contribution in [1.82, 2.24) is 15.1 Å². The Morgan fingerprint density at radius 3 is 3.17 bits per heavy atom. The molecule has 1 saturated heterocycles. The number of para-hydroxylation sites is 1. The minimum Gasteiger partial charge on any atom is -0.316 e. The van der Waals surface area contributed by atoms with Crippen LogP contribution in [0.15, 0.2) is 22.8 Å². The van der Waals surface area contributed by atoms with Crippen molar-refractivity contribution in [3.05, 3.63) is 28.4 Å². The van der Waals surface area contributed by atoms with Gasteiger partial charge in [0.15, 0.2) is 0 Å². The number of hydrogen-bond acceptors (Lipinski definition) is 2. The summed E-state index contributed by atoms with van der Waals surface area (Å²) in [6.07, 6.45) is 3.79. The molecule has 0 radical (unpaired) electrons. The van der Waals surface area contributed by atoms with E-state index in [1.54, 1.807) is 0 Å². The molecule has 1 aromatic heterocycles. The fraction of sp³-hybridized carbons (Fsp3) is 0.500. The van der Waals surface area contributed by atoms with Crippen molar-refractivity contribution < 1.29 is 0 Å². The molecule has 0 saturated carbocycles. The Kier molecular flexibility index (Phi) is 3.39. The summed E-state index contributed by atoms with van der Waals surface area (Å²) < 4.78 is 2.94. The van der Waals surface area contributed by atoms with E-state index < -0.39 is 0 Å². The van der Waals surface area contributed by atoms with E-state index in [2.05, 4.69) is 44.5 Å². The molecule has 1 N–H and O–H groups in total. The van der Waals surface area contributed by atoms with Gasteiger partial charge >= 0.3 is 0 Å². The highest BCUT2D eigenvalue weighted by Gasteiger charge is 2.17. The lowest BCUT2D eigenvalue weighted by atomic mass is 9.91. The standard InChI is InChI=1S/C14H18BrN3/c1-18-13-11(8-10-4-3-7-16-9-10)5-2-6-12(13)14(15)17-18/h2,5-6,10,16H,3-4,7-9H2,1H3. The zero-order valence-corrected chi connectivity index (χ0v) is 12.2. The molecule has 0 spiro atoms. The second kappa shape index (κ2) is 5.02. The van der Waals surface area contributed by atoms with Gasteiger partial charge in [-0.1, -0.05) is 18.2 Å². The SMILES string of the molecule is Cn1nc(Br)c2cccc(CC3CCCNC3)c21. The van der Waals surface area contributed by atoms with Crippen LogP contribution in [0, 0.1) is 5.92 Å². The van der Waals surface area contributed by atoms with Crippen molar-refractivity contribution >= 4 is 26.8 Å². The van der Waals surface area contributed by atoms with Crippen molar-refractivity contribution in [2.45, 2.75) is 19.3 Å². The lowest BCUT2D eigenvalue weighted by Gasteiger charge is -2.23. The Hall–Kier alpha value is -0.870. The van der Waals surface area contributed by atoms with E-state index in [0.29, 0.717) is 0 Å². The Balaban J connectivity index is 1.95. The summed E-state index contributed by atoms with van der Waals surface area (Å²) in [7, 11) is 2.02. The van der Waals surface area contributed by atoms with Gasteiger partial charge in [-0.25, -0.2) is 0 Å². The number of aromatic nitrogens is 2. The van der Waals surface area contributed by atoms with Gasteiger partial charge < -0.3 is 5.32 Å². The van der Waals surface area contributed by atoms with Crippen LogP contribution >= 0.6 is 15.9 Å². The van der Waals surface area contributed by atoms with E-state index in [4.69, 9.17) is 0 Å². The van der Waals surface area contributed by atoms with E-state index >= 15 is 0 Å². The van der Waals surface area contributed by atoms with Gasteiger partial charge in [0, 0.05) is 12.4 Å². The molecule has 1 aliphatic rings. The molecule has 1 aromatic carbocycles. The van der Waals surface area contributed by atoms with Crippen LogP contribution in [-0.4, -0.2) is 22.9 Å². The second-order valence-corrected chi connectivity index (χ2v) is 5.90. The number of fused-ring (bicyclic) bond motifs is 1. The molecule has 96 valence electrons. The third kappa shape index (κ3) is 2.19. The molecular weight excluding hydrogens is 290 g/mol. The van der Waals surface area contributed by atoms with Crippen LogP contribution in [0.1, 0.15) is 18.4 Å². The number of nitrogens with zero attached hydrogens (tertiary/aromatic N) is 2. The number of aryl methyl sites for hydroxylation is 1. The average molecular weight is 308 g/mol. The normalized spacial score (nSPS) is 20.4. The van der Waals surface area contributed by atoms with Crippen LogP contribution in [0.2, 0.25) is 0 Å². The number of rotatable bonds is 2. The molecule has 1 fully saturated rings. The van der Waals surface area contributed by atoms with Crippen molar-refractivity contribution in [1.29, 1.82) is 0 Å². The molecule has 0 bridgehead atoms. The highest BCUT2D eigenvalue weighted by molar-refractivity contribution is 9.10. The third-order valence-electron chi connectivity index (χ3n) is 3.81. The van der Waals surface area contributed by atoms with Gasteiger partial charge in [-0.05, 0) is 59.8 Å². The number of hydrogen-bond donors (Lipinski definition) is 1. The van der Waals surface area contributed by atoms with Gasteiger partial charge in [0.2, 0.25) is 0 Å². The molecule has 18 heavy (non-hydrogen) atoms. The highest BCUT2D eigenvalue weighted by Crippen LogP contribution is 2.28. The van der Waals surface area contributed by atoms with E-state index in [-0.39, 0.29) is 0 Å². The monoisotopic (exact) mass is 307 g/mol. The molecule has 1 unspecified atom stereocenters. The highest BCUT2D eigenvalue weighted by atomic mass is 79.9. The summed E-state index contributed by atoms with van der Waals surface area (Å²) in [5.74, 6) is 0.762. The van der Waals surface area contributed by atoms with Crippen molar-refractivity contribution in [3.8, 4) is 0 Å². The van der Waals surface area contributed by atoms with Gasteiger partial charge in [0.05, 0.1) is 5.52 Å². The number of halogens is 1. The smallest absolute Gasteiger partial charge is 0.135 e. The zero-order chi connectivity index (χ0) is 12.5. The maximum atomic E-state index is 4.46. The summed E-state index contributed by atoms with van der Waals surface area (Å²) in [6.45, 7) is 2.33. The molecule has 1 aliphatic heterocycles. The molecule has 4 heteroatoms. The van der Waals surface area contributed by atoms with Gasteiger partial charge in [-0.2, -0.15) is 5.10 Å². The molecule has 2 aromatic rings. The van der Waals surface area contributed by atoms with Crippen molar-refractivity contribution in [2.75, 3.05) is 13.1 Å². The first-order chi connectivity index (χ1) is 8.75. The summed E-state index contributed by atoms with van der Waals surface area (Å²) >= 11 is 3.53. The first-order valence-corrected chi connectivity index (χ1v) is 7.36. The maximum Gasteiger partial charge on any atom is 0.135 e. The van der Waals surface area contributed by atoms with Crippen LogP contribution in [0.5, 0.6) is 0 Å². The summed E-state index contributed by atoms with van der Waals surface area (Å²) in [5.41, 5.74) is 2.69. The van der Waals surface area contributed by atoms with Crippen LogP contribution in [0.25, 0.3) is 10.9 Å². The van der Waals surface area contributed by atoms with Crippen LogP contribution in [-0.2, 0) is 13.5 Å². The third-order valence-corrected chi connectivity index (χ3v) is 4.40. The predicted octanol–water partition coefficient (Wildman–Crippen LogP) is 2.88. The zero-order valence-electron chi connectivity index (χ0n) is 10.6. The first-order valence-electron chi connectivity index (χ1n) is 6.56. The van der Waals surface area contributed by atoms with E-state index in [1.807, 2.05) is 11.7 Å². The van der Waals surface area contributed by atoms with Gasteiger partial charge in [0.25, 0.3) is 0 Å². The minimum absolute atomic E-state index is 0.762. The predicted molar refractivity (Wildman–Crippen MR) is 77.7 cm³/mol. The minimum atomic E-state index is 0.762.